The Morgan fingerprint density at radius 3 is 2.89 bits per heavy atom. The summed E-state index contributed by atoms with van der Waals surface area (Å²) in [7, 11) is 3.35. The molecule has 0 unspecified atom stereocenters. The van der Waals surface area contributed by atoms with E-state index in [0.717, 1.165) is 17.1 Å². The maximum Gasteiger partial charge on any atom is 0.260 e. The Bertz CT molecular complexity index is 523. The number of hydrogen-bond donors (Lipinski definition) is 1. The van der Waals surface area contributed by atoms with E-state index in [2.05, 4.69) is 5.43 Å². The average Bonchev–Trinajstić information content (AvgIpc) is 2.89. The molecule has 100 valence electrons. The molecule has 0 fully saturated rings. The van der Waals surface area contributed by atoms with Crippen molar-refractivity contribution in [2.24, 2.45) is 0 Å². The minimum atomic E-state index is -0.113. The van der Waals surface area contributed by atoms with Gasteiger partial charge in [-0.1, -0.05) is 24.3 Å². The van der Waals surface area contributed by atoms with Gasteiger partial charge >= 0.3 is 0 Å². The Labute approximate surface area is 112 Å². The van der Waals surface area contributed by atoms with Crippen molar-refractivity contribution in [2.45, 2.75) is 0 Å². The zero-order valence-electron chi connectivity index (χ0n) is 10.9. The second kappa shape index (κ2) is 6.06. The van der Waals surface area contributed by atoms with E-state index in [9.17, 15) is 4.79 Å². The normalized spacial score (nSPS) is 13.4. The molecule has 0 bridgehead atoms. The first-order valence-corrected chi connectivity index (χ1v) is 5.90. The van der Waals surface area contributed by atoms with Crippen molar-refractivity contribution in [1.29, 1.82) is 0 Å². The number of carbonyl (C=O) groups excluding carboxylic acids is 1. The summed E-state index contributed by atoms with van der Waals surface area (Å²) in [4.78, 5) is 11.4. The monoisotopic (exact) mass is 260 g/mol. The van der Waals surface area contributed by atoms with E-state index in [0.29, 0.717) is 0 Å². The largest absolute Gasteiger partial charge is 0.454 e. The highest BCUT2D eigenvalue weighted by Crippen LogP contribution is 2.32. The molecule has 1 aromatic rings. The van der Waals surface area contributed by atoms with Gasteiger partial charge in [0.05, 0.1) is 0 Å². The van der Waals surface area contributed by atoms with Crippen LogP contribution in [0.4, 0.5) is 0 Å². The number of likely N-dealkylation sites (N-methyl/N-ethyl adjacent to an activating group) is 1. The summed E-state index contributed by atoms with van der Waals surface area (Å²) < 4.78 is 10.5. The number of rotatable bonds is 4. The van der Waals surface area contributed by atoms with Gasteiger partial charge in [0.2, 0.25) is 6.79 Å². The first-order chi connectivity index (χ1) is 9.20. The fourth-order valence-electron chi connectivity index (χ4n) is 1.54. The lowest BCUT2D eigenvalue weighted by atomic mass is 10.2. The third kappa shape index (κ3) is 3.35. The zero-order chi connectivity index (χ0) is 13.7. The van der Waals surface area contributed by atoms with Crippen LogP contribution in [-0.2, 0) is 4.79 Å². The van der Waals surface area contributed by atoms with E-state index in [1.54, 1.807) is 26.2 Å². The van der Waals surface area contributed by atoms with Crippen LogP contribution < -0.4 is 14.9 Å². The summed E-state index contributed by atoms with van der Waals surface area (Å²) in [6.45, 7) is 0.271. The molecule has 2 rings (SSSR count). The summed E-state index contributed by atoms with van der Waals surface area (Å²) in [5, 5.41) is 1.39. The highest BCUT2D eigenvalue weighted by atomic mass is 16.7. The Morgan fingerprint density at radius 1 is 1.32 bits per heavy atom. The van der Waals surface area contributed by atoms with Crippen molar-refractivity contribution >= 4 is 12.0 Å². The molecule has 0 spiro atoms. The predicted molar refractivity (Wildman–Crippen MR) is 72.6 cm³/mol. The average molecular weight is 260 g/mol. The van der Waals surface area contributed by atoms with Crippen LogP contribution >= 0.6 is 0 Å². The molecule has 0 saturated heterocycles. The number of amides is 1. The van der Waals surface area contributed by atoms with Crippen molar-refractivity contribution in [3.8, 4) is 11.5 Å². The fourth-order valence-corrected chi connectivity index (χ4v) is 1.54. The van der Waals surface area contributed by atoms with E-state index < -0.39 is 0 Å². The molecule has 5 heteroatoms. The minimum Gasteiger partial charge on any atom is -0.454 e. The van der Waals surface area contributed by atoms with Gasteiger partial charge in [-0.15, -0.1) is 0 Å². The molecule has 0 aliphatic carbocycles. The highest BCUT2D eigenvalue weighted by molar-refractivity contribution is 5.87. The van der Waals surface area contributed by atoms with Crippen LogP contribution in [0, 0.1) is 0 Å². The van der Waals surface area contributed by atoms with Crippen LogP contribution in [0.5, 0.6) is 11.5 Å². The van der Waals surface area contributed by atoms with Gasteiger partial charge in [0, 0.05) is 20.2 Å². The Morgan fingerprint density at radius 2 is 2.11 bits per heavy atom. The Kier molecular flexibility index (Phi) is 4.20. The number of ether oxygens (including phenoxy) is 2. The highest BCUT2D eigenvalue weighted by Gasteiger charge is 2.11. The number of allylic oxidation sites excluding steroid dienone is 2. The number of nitrogens with one attached hydrogen (secondary N) is 1. The van der Waals surface area contributed by atoms with Gasteiger partial charge in [0.15, 0.2) is 11.5 Å². The summed E-state index contributed by atoms with van der Waals surface area (Å²) in [6.07, 6.45) is 6.88. The molecule has 1 aliphatic rings. The molecule has 0 aromatic heterocycles. The molecule has 0 radical (unpaired) electrons. The van der Waals surface area contributed by atoms with Crippen molar-refractivity contribution in [3.63, 3.8) is 0 Å². The lowest BCUT2D eigenvalue weighted by Crippen LogP contribution is -2.35. The quantitative estimate of drug-likeness (QED) is 0.507. The third-order valence-corrected chi connectivity index (χ3v) is 2.70. The third-order valence-electron chi connectivity index (χ3n) is 2.70. The van der Waals surface area contributed by atoms with Gasteiger partial charge < -0.3 is 9.47 Å². The van der Waals surface area contributed by atoms with Gasteiger partial charge in [0.25, 0.3) is 5.91 Å². The van der Waals surface area contributed by atoms with Crippen LogP contribution in [0.1, 0.15) is 5.56 Å². The first-order valence-electron chi connectivity index (χ1n) is 5.90. The zero-order valence-corrected chi connectivity index (χ0v) is 10.9. The first kappa shape index (κ1) is 13.2. The van der Waals surface area contributed by atoms with E-state index in [1.807, 2.05) is 24.3 Å². The number of hydrazine groups is 1. The number of hydrogen-bond acceptors (Lipinski definition) is 4. The molecule has 1 N–H and O–H groups in total. The lowest BCUT2D eigenvalue weighted by molar-refractivity contribution is -0.127. The predicted octanol–water partition coefficient (Wildman–Crippen LogP) is 1.58. The fraction of sp³-hybridized carbons (Fsp3) is 0.214. The van der Waals surface area contributed by atoms with Gasteiger partial charge in [-0.2, -0.15) is 0 Å². The van der Waals surface area contributed by atoms with Crippen LogP contribution in [0.2, 0.25) is 0 Å². The topological polar surface area (TPSA) is 50.8 Å². The molecule has 0 saturated carbocycles. The van der Waals surface area contributed by atoms with Crippen LogP contribution in [0.15, 0.2) is 36.4 Å². The van der Waals surface area contributed by atoms with Gasteiger partial charge in [-0.05, 0) is 17.7 Å². The maximum atomic E-state index is 11.4. The van der Waals surface area contributed by atoms with E-state index in [4.69, 9.17) is 9.47 Å². The van der Waals surface area contributed by atoms with E-state index in [1.165, 1.54) is 11.1 Å². The summed E-state index contributed by atoms with van der Waals surface area (Å²) in [6, 6.07) is 5.69. The summed E-state index contributed by atoms with van der Waals surface area (Å²) in [5.74, 6) is 1.40. The van der Waals surface area contributed by atoms with E-state index in [-0.39, 0.29) is 12.7 Å². The lowest BCUT2D eigenvalue weighted by Gasteiger charge is -2.11. The van der Waals surface area contributed by atoms with E-state index >= 15 is 0 Å². The van der Waals surface area contributed by atoms with Gasteiger partial charge in [-0.3, -0.25) is 9.80 Å². The van der Waals surface area contributed by atoms with Crippen LogP contribution in [0.25, 0.3) is 6.08 Å². The van der Waals surface area contributed by atoms with Gasteiger partial charge in [-0.25, -0.2) is 5.43 Å². The molecular formula is C14H16N2O3. The summed E-state index contributed by atoms with van der Waals surface area (Å²) in [5.41, 5.74) is 3.72. The van der Waals surface area contributed by atoms with Crippen LogP contribution in [0.3, 0.4) is 0 Å². The van der Waals surface area contributed by atoms with Crippen molar-refractivity contribution in [1.82, 2.24) is 10.4 Å². The molecule has 19 heavy (non-hydrogen) atoms. The second-order valence-corrected chi connectivity index (χ2v) is 3.95. The molecule has 5 nitrogen and oxygen atoms in total. The SMILES string of the molecule is CNN(C)C(=O)C=CC=Cc1ccc2c(c1)OCO2. The standard InChI is InChI=1S/C14H16N2O3/c1-15-16(2)14(17)6-4-3-5-11-7-8-12-13(9-11)19-10-18-12/h3-9,15H,10H2,1-2H3. The molecule has 1 amide bonds. The molecule has 1 aliphatic heterocycles. The minimum absolute atomic E-state index is 0.113. The Hall–Kier alpha value is -2.27. The molecule has 1 heterocycles. The maximum absolute atomic E-state index is 11.4. The number of nitrogens with zero attached hydrogens (tertiary/aromatic N) is 1. The van der Waals surface area contributed by atoms with Crippen LogP contribution in [-0.4, -0.2) is 31.8 Å². The number of benzene rings is 1. The molecule has 0 atom stereocenters. The summed E-state index contributed by atoms with van der Waals surface area (Å²) >= 11 is 0. The second-order valence-electron chi connectivity index (χ2n) is 3.95. The smallest absolute Gasteiger partial charge is 0.260 e. The van der Waals surface area contributed by atoms with Crippen molar-refractivity contribution in [2.75, 3.05) is 20.9 Å². The van der Waals surface area contributed by atoms with Crippen molar-refractivity contribution in [3.05, 3.63) is 42.0 Å². The Balaban J connectivity index is 1.96. The number of fused-ring (bicyclic) bond motifs is 1. The molecule has 1 aromatic carbocycles. The van der Waals surface area contributed by atoms with Crippen molar-refractivity contribution < 1.29 is 14.3 Å². The number of carbonyl (C=O) groups is 1. The molecular weight excluding hydrogens is 244 g/mol. The van der Waals surface area contributed by atoms with Gasteiger partial charge in [0.1, 0.15) is 0 Å².